The van der Waals surface area contributed by atoms with Crippen molar-refractivity contribution in [2.75, 3.05) is 114 Å². The van der Waals surface area contributed by atoms with Gasteiger partial charge in [0.1, 0.15) is 0 Å². The quantitative estimate of drug-likeness (QED) is 0.0111. The molecule has 53 heteroatoms. The summed E-state index contributed by atoms with van der Waals surface area (Å²) in [5, 5.41) is 44.9. The highest BCUT2D eigenvalue weighted by Crippen LogP contribution is 2.37. The zero-order chi connectivity index (χ0) is 108. The van der Waals surface area contributed by atoms with Crippen molar-refractivity contribution in [1.29, 1.82) is 0 Å². The molecule has 0 rings (SSSR count). The zero-order valence-corrected chi connectivity index (χ0v) is 91.0. The van der Waals surface area contributed by atoms with Gasteiger partial charge in [0.15, 0.2) is 0 Å². The number of nitrogens with one attached hydrogen (secondary N) is 7. The van der Waals surface area contributed by atoms with E-state index in [9.17, 15) is 117 Å². The van der Waals surface area contributed by atoms with E-state index in [1.807, 2.05) is 0 Å². The van der Waals surface area contributed by atoms with Gasteiger partial charge in [-0.3, -0.25) is 90.4 Å². The number of rotatable bonds is 68. The highest BCUT2D eigenvalue weighted by atomic mass is 32.2. The van der Waals surface area contributed by atoms with Crippen molar-refractivity contribution < 1.29 is 159 Å². The Labute approximate surface area is 850 Å². The smallest absolute Gasteiger partial charge is 0.308 e. The molecule has 0 aliphatic heterocycles. The topological polar surface area (TPSA) is 646 Å². The number of thiocarbonyl (C=S) groups is 3. The second-order valence-corrected chi connectivity index (χ2v) is 46.9. The lowest BCUT2D eigenvalue weighted by molar-refractivity contribution is -0.149. The van der Waals surface area contributed by atoms with Gasteiger partial charge in [-0.2, -0.15) is 25.3 Å². The van der Waals surface area contributed by atoms with Gasteiger partial charge >= 0.3 is 35.8 Å². The van der Waals surface area contributed by atoms with Crippen LogP contribution in [0.3, 0.4) is 0 Å². The van der Waals surface area contributed by atoms with Crippen molar-refractivity contribution in [3.05, 3.63) is 0 Å². The van der Waals surface area contributed by atoms with Crippen molar-refractivity contribution >= 4 is 210 Å². The number of esters is 3. The average molecular weight is 2170 g/mol. The number of hydrogen-bond acceptors (Lipinski definition) is 34. The molecule has 44 nitrogen and oxygen atoms in total. The number of methoxy groups -OCH3 is 3. The summed E-state index contributed by atoms with van der Waals surface area (Å²) in [5.74, 6) is -33.0. The minimum Gasteiger partial charge on any atom is -0.481 e. The fourth-order valence-corrected chi connectivity index (χ4v) is 22.6. The number of nitrogens with zero attached hydrogens (tertiary/aromatic N) is 3. The molecule has 0 saturated carbocycles. The molecule has 13 N–H and O–H groups in total. The average Bonchev–Trinajstić information content (AvgIpc) is 0.840. The molecule has 0 spiro atoms. The first-order chi connectivity index (χ1) is 64.5. The van der Waals surface area contributed by atoms with Crippen LogP contribution >= 0.6 is 71.9 Å². The Morgan fingerprint density at radius 1 is 0.314 bits per heavy atom. The third-order valence-electron chi connectivity index (χ3n) is 22.6. The summed E-state index contributed by atoms with van der Waals surface area (Å²) in [6, 6.07) is 0. The molecule has 0 heterocycles. The lowest BCUT2D eigenvalue weighted by Crippen LogP contribution is -2.51. The van der Waals surface area contributed by atoms with E-state index in [0.29, 0.717) is 35.3 Å². The van der Waals surface area contributed by atoms with Crippen molar-refractivity contribution in [2.24, 2.45) is 76.9 Å². The van der Waals surface area contributed by atoms with Crippen LogP contribution in [-0.4, -0.2) is 323 Å². The standard InChI is InChI=1S/C87H148N10O34S9/c1-22-129-82(132)135-63(37-35-55(67(99)92-85(7,8)45-138(117,118)119)40-57(73(105)95(13)14)31-29-53(76(108)109)27-25-50(4)79(114)126-19)70(102)89-48-88-66(98)62(43-61(69(101)94-87(11,12)47-140(123,124)125)42-59(75(107)97(17)18)32-30-54(77(110)111)28-26-51(5)80(115)127-20)44-65(137-84(134)131-24-3)72(104)91-49-90-71(103)64(136-83(133)130-23-2)38-36-56(68(100)93-86(9,10)46-139(120,121)122)41-58(74(106)96(15)16)33-34-60(78(112)113)39-52(6)81(116)128-21/h50-65H,22-49H2,1-21H3,(H,88,98)(H,89,102)(H,90,103)(H,91,104)(H,92,99)(H,93,100)(H,94,101)(H,108,109)(H,110,111)(H,112,113)(H,117,118,119)(H,120,121,122)(H,123,124,125). The molecule has 10 amide bonds. The maximum Gasteiger partial charge on any atom is 0.308 e. The summed E-state index contributed by atoms with van der Waals surface area (Å²) in [4.78, 5) is 228. The van der Waals surface area contributed by atoms with Gasteiger partial charge in [0, 0.05) is 83.7 Å². The van der Waals surface area contributed by atoms with Crippen LogP contribution in [0.1, 0.15) is 212 Å². The Morgan fingerprint density at radius 3 is 0.836 bits per heavy atom. The SMILES string of the molecule is CCOC(=S)SC(CCC(CC(CCC(CCC(C)C(=O)OC)C(=O)O)C(=O)N(C)C)C(=O)NC(C)(C)CS(=O)(=O)O)C(=O)NCNC(=O)C(CC(CC(CCC(CCC(C)C(=O)OC)C(=O)O)C(=O)N(C)C)C(=O)NC(C)(C)CS(=O)(=O)O)CC(SC(=S)OCC)C(=O)NCNC(=O)C(CCC(CC(CCC(CC(C)C(=O)OC)C(=O)O)C(=O)N(C)C)C(=O)NC(C)(C)CS(=O)(=O)O)SC(=S)OCC. The maximum atomic E-state index is 15.7. The van der Waals surface area contributed by atoms with Crippen LogP contribution in [0.2, 0.25) is 0 Å². The summed E-state index contributed by atoms with van der Waals surface area (Å²) in [5.41, 5.74) is -5.24. The van der Waals surface area contributed by atoms with E-state index >= 15 is 14.4 Å². The number of hydrogen-bond donors (Lipinski definition) is 13. The van der Waals surface area contributed by atoms with Gasteiger partial charge < -0.3 is 95.7 Å². The second-order valence-electron chi connectivity index (χ2n) is 37.1. The molecule has 0 fully saturated rings. The molecular weight excluding hydrogens is 2020 g/mol. The molecule has 16 atom stereocenters. The van der Waals surface area contributed by atoms with E-state index < -0.39 is 284 Å². The molecule has 0 aliphatic rings. The normalized spacial score (nSPS) is 15.4. The minimum absolute atomic E-state index is 0.0121. The predicted octanol–water partition coefficient (Wildman–Crippen LogP) is 5.89. The summed E-state index contributed by atoms with van der Waals surface area (Å²) in [6.45, 7) is 15.0. The van der Waals surface area contributed by atoms with Gasteiger partial charge in [0.25, 0.3) is 30.4 Å². The Kier molecular flexibility index (Phi) is 60.3. The van der Waals surface area contributed by atoms with E-state index in [1.165, 1.54) is 122 Å². The van der Waals surface area contributed by atoms with E-state index in [-0.39, 0.29) is 142 Å². The van der Waals surface area contributed by atoms with Crippen LogP contribution in [0.25, 0.3) is 0 Å². The van der Waals surface area contributed by atoms with Gasteiger partial charge in [-0.05, 0) is 227 Å². The maximum absolute atomic E-state index is 15.7. The Bertz CT molecular complexity index is 4540. The molecular formula is C87H148N10O34S9. The van der Waals surface area contributed by atoms with E-state index in [1.54, 1.807) is 20.8 Å². The van der Waals surface area contributed by atoms with Gasteiger partial charge in [-0.15, -0.1) is 0 Å². The Hall–Kier alpha value is -8.03. The van der Waals surface area contributed by atoms with E-state index in [2.05, 4.69) is 37.2 Å². The van der Waals surface area contributed by atoms with Crippen LogP contribution in [0, 0.1) is 76.9 Å². The first-order valence-electron chi connectivity index (χ1n) is 45.5. The molecule has 0 radical (unpaired) electrons. The molecule has 0 aromatic rings. The van der Waals surface area contributed by atoms with Crippen LogP contribution in [0.4, 0.5) is 0 Å². The molecule has 0 bridgehead atoms. The molecule has 16 unspecified atom stereocenters. The number of amides is 10. The Balaban J connectivity index is 9.02. The largest absolute Gasteiger partial charge is 0.481 e. The van der Waals surface area contributed by atoms with Crippen molar-refractivity contribution in [3.8, 4) is 0 Å². The first-order valence-corrected chi connectivity index (χ1v) is 54.2. The second kappa shape index (κ2) is 64.0. The fourth-order valence-electron chi connectivity index (χ4n) is 15.6. The van der Waals surface area contributed by atoms with Crippen LogP contribution in [0.15, 0.2) is 0 Å². The Morgan fingerprint density at radius 2 is 0.550 bits per heavy atom. The molecule has 0 aromatic carbocycles. The number of ether oxygens (including phenoxy) is 6. The highest BCUT2D eigenvalue weighted by Gasteiger charge is 2.43. The summed E-state index contributed by atoms with van der Waals surface area (Å²) < 4.78 is 135. The van der Waals surface area contributed by atoms with Crippen molar-refractivity contribution in [1.82, 2.24) is 51.9 Å². The van der Waals surface area contributed by atoms with E-state index in [4.69, 9.17) is 65.1 Å². The highest BCUT2D eigenvalue weighted by molar-refractivity contribution is 8.24. The molecule has 0 aliphatic carbocycles. The van der Waals surface area contributed by atoms with Crippen molar-refractivity contribution in [2.45, 2.75) is 244 Å². The van der Waals surface area contributed by atoms with Gasteiger partial charge in [-0.25, -0.2) is 0 Å². The minimum atomic E-state index is -4.91. The molecule has 0 saturated heterocycles. The van der Waals surface area contributed by atoms with Crippen LogP contribution < -0.4 is 37.2 Å². The predicted molar refractivity (Wildman–Crippen MR) is 535 cm³/mol. The lowest BCUT2D eigenvalue weighted by atomic mass is 9.80. The summed E-state index contributed by atoms with van der Waals surface area (Å²) in [6.07, 6.45) is -5.52. The monoisotopic (exact) mass is 2160 g/mol. The number of thioether (sulfide) groups is 3. The number of aliphatic carboxylic acids is 3. The molecule has 804 valence electrons. The lowest BCUT2D eigenvalue weighted by Gasteiger charge is -2.32. The zero-order valence-electron chi connectivity index (χ0n) is 83.7. The number of carboxylic acid groups (broad SMARTS) is 3. The summed E-state index contributed by atoms with van der Waals surface area (Å²) in [7, 11) is -2.63. The third kappa shape index (κ3) is 54.6. The molecule has 140 heavy (non-hydrogen) atoms. The fraction of sp³-hybridized carbons (Fsp3) is 0.782. The van der Waals surface area contributed by atoms with Gasteiger partial charge in [0.2, 0.25) is 72.2 Å². The number of carbonyl (C=O) groups excluding carboxylic acids is 13. The number of carboxylic acids is 3. The first kappa shape index (κ1) is 132. The van der Waals surface area contributed by atoms with Crippen LogP contribution in [0.5, 0.6) is 0 Å². The van der Waals surface area contributed by atoms with Gasteiger partial charge in [0.05, 0.1) is 140 Å². The van der Waals surface area contributed by atoms with Gasteiger partial charge in [-0.1, -0.05) is 56.1 Å². The van der Waals surface area contributed by atoms with Crippen LogP contribution in [-0.2, 0) is 135 Å². The third-order valence-corrected chi connectivity index (χ3v) is 30.2. The number of carbonyl (C=O) groups is 16. The van der Waals surface area contributed by atoms with Crippen molar-refractivity contribution in [3.63, 3.8) is 0 Å². The summed E-state index contributed by atoms with van der Waals surface area (Å²) >= 11 is 18.6. The van der Waals surface area contributed by atoms with E-state index in [0.717, 1.165) is 19.1 Å². The molecule has 0 aromatic heterocycles.